The number of esters is 1. The maximum absolute atomic E-state index is 11.4. The van der Waals surface area contributed by atoms with Gasteiger partial charge in [0.2, 0.25) is 0 Å². The van der Waals surface area contributed by atoms with Gasteiger partial charge in [0.05, 0.1) is 30.2 Å². The third kappa shape index (κ3) is 2.56. The van der Waals surface area contributed by atoms with E-state index in [1.165, 1.54) is 12.1 Å². The van der Waals surface area contributed by atoms with Crippen LogP contribution in [-0.4, -0.2) is 19.2 Å². The summed E-state index contributed by atoms with van der Waals surface area (Å²) in [6, 6.07) is 3.00. The highest BCUT2D eigenvalue weighted by Crippen LogP contribution is 2.30. The van der Waals surface area contributed by atoms with Gasteiger partial charge >= 0.3 is 5.97 Å². The number of hydrogen-bond acceptors (Lipinski definition) is 5. The van der Waals surface area contributed by atoms with Crippen LogP contribution in [0.15, 0.2) is 12.1 Å². The van der Waals surface area contributed by atoms with E-state index in [0.717, 1.165) is 0 Å². The number of anilines is 2. The van der Waals surface area contributed by atoms with Gasteiger partial charge in [0.25, 0.3) is 0 Å². The Morgan fingerprint density at radius 1 is 1.19 bits per heavy atom. The number of carbonyl (C=O) groups is 1. The standard InChI is InChI=1S/C11H16N2O3/c1-3-15-10-8(12)5-7(6-9(10)13)11(14)16-4-2/h5-6H,3-4,12-13H2,1-2H3. The van der Waals surface area contributed by atoms with Crippen LogP contribution in [0.1, 0.15) is 24.2 Å². The molecule has 0 saturated heterocycles. The minimum absolute atomic E-state index is 0.311. The van der Waals surface area contributed by atoms with E-state index in [4.69, 9.17) is 20.9 Å². The molecule has 88 valence electrons. The van der Waals surface area contributed by atoms with Crippen molar-refractivity contribution in [1.82, 2.24) is 0 Å². The first-order chi connectivity index (χ1) is 7.60. The lowest BCUT2D eigenvalue weighted by Gasteiger charge is -2.11. The van der Waals surface area contributed by atoms with Crippen LogP contribution in [0.5, 0.6) is 5.75 Å². The smallest absolute Gasteiger partial charge is 0.338 e. The van der Waals surface area contributed by atoms with E-state index in [2.05, 4.69) is 0 Å². The van der Waals surface area contributed by atoms with Crippen LogP contribution in [0.4, 0.5) is 11.4 Å². The van der Waals surface area contributed by atoms with Crippen molar-refractivity contribution in [3.8, 4) is 5.75 Å². The number of benzene rings is 1. The van der Waals surface area contributed by atoms with Crippen LogP contribution in [0.3, 0.4) is 0 Å². The molecule has 5 heteroatoms. The molecular formula is C11H16N2O3. The monoisotopic (exact) mass is 224 g/mol. The maximum atomic E-state index is 11.4. The third-order valence-electron chi connectivity index (χ3n) is 1.95. The molecule has 0 bridgehead atoms. The van der Waals surface area contributed by atoms with Crippen LogP contribution < -0.4 is 16.2 Å². The second kappa shape index (κ2) is 5.25. The van der Waals surface area contributed by atoms with Crippen LogP contribution in [0.25, 0.3) is 0 Å². The minimum atomic E-state index is -0.441. The molecule has 0 saturated carbocycles. The predicted molar refractivity (Wildman–Crippen MR) is 62.4 cm³/mol. The summed E-state index contributed by atoms with van der Waals surface area (Å²) in [5.41, 5.74) is 12.5. The van der Waals surface area contributed by atoms with Gasteiger partial charge in [-0.1, -0.05) is 0 Å². The van der Waals surface area contributed by atoms with Crippen molar-refractivity contribution >= 4 is 17.3 Å². The van der Waals surface area contributed by atoms with Gasteiger partial charge in [-0.3, -0.25) is 0 Å². The van der Waals surface area contributed by atoms with Crippen LogP contribution in [0.2, 0.25) is 0 Å². The maximum Gasteiger partial charge on any atom is 0.338 e. The SMILES string of the molecule is CCOC(=O)c1cc(N)c(OCC)c(N)c1. The van der Waals surface area contributed by atoms with Gasteiger partial charge in [0.1, 0.15) is 0 Å². The van der Waals surface area contributed by atoms with Crippen molar-refractivity contribution in [3.63, 3.8) is 0 Å². The van der Waals surface area contributed by atoms with Gasteiger partial charge in [-0.2, -0.15) is 0 Å². The third-order valence-corrected chi connectivity index (χ3v) is 1.95. The number of nitrogens with two attached hydrogens (primary N) is 2. The summed E-state index contributed by atoms with van der Waals surface area (Å²) in [7, 11) is 0. The van der Waals surface area contributed by atoms with Crippen molar-refractivity contribution in [2.24, 2.45) is 0 Å². The average molecular weight is 224 g/mol. The van der Waals surface area contributed by atoms with Crippen molar-refractivity contribution in [2.75, 3.05) is 24.7 Å². The summed E-state index contributed by atoms with van der Waals surface area (Å²) >= 11 is 0. The molecule has 0 aromatic heterocycles. The topological polar surface area (TPSA) is 87.6 Å². The molecule has 16 heavy (non-hydrogen) atoms. The summed E-state index contributed by atoms with van der Waals surface area (Å²) in [6.45, 7) is 4.34. The molecule has 1 aromatic rings. The fourth-order valence-electron chi connectivity index (χ4n) is 1.32. The Kier molecular flexibility index (Phi) is 3.99. The quantitative estimate of drug-likeness (QED) is 0.596. The molecule has 0 fully saturated rings. The normalized spacial score (nSPS) is 9.88. The molecule has 0 aliphatic carbocycles. The predicted octanol–water partition coefficient (Wildman–Crippen LogP) is 1.43. The highest BCUT2D eigenvalue weighted by molar-refractivity contribution is 5.93. The largest absolute Gasteiger partial charge is 0.490 e. The van der Waals surface area contributed by atoms with E-state index in [1.54, 1.807) is 6.92 Å². The molecule has 1 aromatic carbocycles. The highest BCUT2D eigenvalue weighted by atomic mass is 16.5. The highest BCUT2D eigenvalue weighted by Gasteiger charge is 2.13. The first-order valence-electron chi connectivity index (χ1n) is 5.09. The first kappa shape index (κ1) is 12.2. The Morgan fingerprint density at radius 3 is 2.19 bits per heavy atom. The second-order valence-electron chi connectivity index (χ2n) is 3.14. The van der Waals surface area contributed by atoms with E-state index in [0.29, 0.717) is 35.9 Å². The molecule has 0 amide bonds. The van der Waals surface area contributed by atoms with Crippen molar-refractivity contribution in [2.45, 2.75) is 13.8 Å². The molecule has 0 unspecified atom stereocenters. The fraction of sp³-hybridized carbons (Fsp3) is 0.364. The first-order valence-corrected chi connectivity index (χ1v) is 5.09. The van der Waals surface area contributed by atoms with Gasteiger partial charge < -0.3 is 20.9 Å². The van der Waals surface area contributed by atoms with E-state index in [1.807, 2.05) is 6.92 Å². The number of nitrogen functional groups attached to an aromatic ring is 2. The van der Waals surface area contributed by atoms with Crippen molar-refractivity contribution in [1.29, 1.82) is 0 Å². The molecule has 5 nitrogen and oxygen atoms in total. The zero-order valence-corrected chi connectivity index (χ0v) is 9.45. The van der Waals surface area contributed by atoms with Crippen LogP contribution >= 0.6 is 0 Å². The molecule has 0 radical (unpaired) electrons. The Labute approximate surface area is 94.3 Å². The minimum Gasteiger partial charge on any atom is -0.490 e. The number of hydrogen-bond donors (Lipinski definition) is 2. The molecule has 0 aliphatic heterocycles. The van der Waals surface area contributed by atoms with Crippen LogP contribution in [0, 0.1) is 0 Å². The van der Waals surface area contributed by atoms with Gasteiger partial charge in [0, 0.05) is 0 Å². The van der Waals surface area contributed by atoms with Crippen molar-refractivity contribution in [3.05, 3.63) is 17.7 Å². The molecule has 0 atom stereocenters. The lowest BCUT2D eigenvalue weighted by Crippen LogP contribution is -2.08. The number of carbonyl (C=O) groups excluding carboxylic acids is 1. The summed E-state index contributed by atoms with van der Waals surface area (Å²) in [6.07, 6.45) is 0. The molecule has 0 aliphatic rings. The van der Waals surface area contributed by atoms with E-state index < -0.39 is 5.97 Å². The lowest BCUT2D eigenvalue weighted by molar-refractivity contribution is 0.0526. The lowest BCUT2D eigenvalue weighted by atomic mass is 10.1. The van der Waals surface area contributed by atoms with Crippen LogP contribution in [-0.2, 0) is 4.74 Å². The van der Waals surface area contributed by atoms with Crippen molar-refractivity contribution < 1.29 is 14.3 Å². The molecule has 1 rings (SSSR count). The van der Waals surface area contributed by atoms with Gasteiger partial charge in [-0.25, -0.2) is 4.79 Å². The van der Waals surface area contributed by atoms with E-state index in [9.17, 15) is 4.79 Å². The van der Waals surface area contributed by atoms with E-state index >= 15 is 0 Å². The molecule has 0 heterocycles. The van der Waals surface area contributed by atoms with Gasteiger partial charge in [-0.05, 0) is 26.0 Å². The summed E-state index contributed by atoms with van der Waals surface area (Å²) in [4.78, 5) is 11.4. The summed E-state index contributed by atoms with van der Waals surface area (Å²) in [5.74, 6) is -0.0282. The Balaban J connectivity index is 3.04. The Morgan fingerprint density at radius 2 is 1.75 bits per heavy atom. The number of rotatable bonds is 4. The zero-order chi connectivity index (χ0) is 12.1. The number of ether oxygens (including phenoxy) is 2. The van der Waals surface area contributed by atoms with Gasteiger partial charge in [0.15, 0.2) is 5.75 Å². The fourth-order valence-corrected chi connectivity index (χ4v) is 1.32. The summed E-state index contributed by atoms with van der Waals surface area (Å²) < 4.78 is 10.1. The Bertz CT molecular complexity index is 368. The zero-order valence-electron chi connectivity index (χ0n) is 9.45. The average Bonchev–Trinajstić information content (AvgIpc) is 2.23. The molecular weight excluding hydrogens is 208 g/mol. The second-order valence-corrected chi connectivity index (χ2v) is 3.14. The van der Waals surface area contributed by atoms with Gasteiger partial charge in [-0.15, -0.1) is 0 Å². The Hall–Kier alpha value is -1.91. The molecule has 4 N–H and O–H groups in total. The van der Waals surface area contributed by atoms with E-state index in [-0.39, 0.29) is 0 Å². The molecule has 0 spiro atoms. The summed E-state index contributed by atoms with van der Waals surface area (Å²) in [5, 5.41) is 0.